The first-order chi connectivity index (χ1) is 19.8. The van der Waals surface area contributed by atoms with E-state index >= 15 is 0 Å². The lowest BCUT2D eigenvalue weighted by molar-refractivity contribution is 1.19. The largest absolute Gasteiger partial charge is 0.309 e. The average Bonchev–Trinajstić information content (AvgIpc) is 3.37. The summed E-state index contributed by atoms with van der Waals surface area (Å²) >= 11 is 3.56. The molecule has 0 amide bonds. The van der Waals surface area contributed by atoms with Crippen LogP contribution in [0.25, 0.3) is 71.3 Å². The van der Waals surface area contributed by atoms with Crippen LogP contribution >= 0.6 is 15.9 Å². The smallest absolute Gasteiger partial charge is 0.0625 e. The van der Waals surface area contributed by atoms with Gasteiger partial charge in [-0.25, -0.2) is 0 Å². The van der Waals surface area contributed by atoms with Crippen molar-refractivity contribution < 1.29 is 0 Å². The molecule has 1 nitrogen and oxygen atoms in total. The molecule has 0 aliphatic rings. The summed E-state index contributed by atoms with van der Waals surface area (Å²) in [5, 5.41) is 7.71. The molecule has 0 saturated heterocycles. The number of halogens is 1. The summed E-state index contributed by atoms with van der Waals surface area (Å²) in [7, 11) is 0. The van der Waals surface area contributed by atoms with Gasteiger partial charge in [0.15, 0.2) is 0 Å². The molecule has 0 bridgehead atoms. The van der Waals surface area contributed by atoms with E-state index in [2.05, 4.69) is 166 Å². The van der Waals surface area contributed by atoms with Gasteiger partial charge in [0.1, 0.15) is 0 Å². The van der Waals surface area contributed by atoms with E-state index in [4.69, 9.17) is 0 Å². The lowest BCUT2D eigenvalue weighted by Gasteiger charge is -2.12. The Labute approximate surface area is 241 Å². The highest BCUT2D eigenvalue weighted by Crippen LogP contribution is 2.43. The summed E-state index contributed by atoms with van der Waals surface area (Å²) in [6, 6.07) is 52.8. The Morgan fingerprint density at radius 3 is 1.73 bits per heavy atom. The van der Waals surface area contributed by atoms with Gasteiger partial charge in [0, 0.05) is 26.3 Å². The molecule has 0 atom stereocenters. The average molecular weight is 575 g/mol. The summed E-state index contributed by atoms with van der Waals surface area (Å²) in [5.74, 6) is 0. The zero-order valence-corrected chi connectivity index (χ0v) is 23.3. The molecule has 8 aromatic rings. The van der Waals surface area contributed by atoms with Gasteiger partial charge in [-0.2, -0.15) is 0 Å². The molecular formula is C38H24BrN. The van der Waals surface area contributed by atoms with Crippen LogP contribution in [0.2, 0.25) is 0 Å². The lowest BCUT2D eigenvalue weighted by atomic mass is 9.95. The highest BCUT2D eigenvalue weighted by Gasteiger charge is 2.19. The van der Waals surface area contributed by atoms with Crippen LogP contribution in [0.5, 0.6) is 0 Å². The first-order valence-corrected chi connectivity index (χ1v) is 14.3. The zero-order valence-electron chi connectivity index (χ0n) is 21.7. The van der Waals surface area contributed by atoms with Crippen LogP contribution in [0.1, 0.15) is 0 Å². The maximum absolute atomic E-state index is 3.56. The molecule has 2 heteroatoms. The molecule has 1 heterocycles. The highest BCUT2D eigenvalue weighted by molar-refractivity contribution is 9.10. The van der Waals surface area contributed by atoms with Crippen molar-refractivity contribution in [2.24, 2.45) is 0 Å². The van der Waals surface area contributed by atoms with E-state index in [0.29, 0.717) is 0 Å². The van der Waals surface area contributed by atoms with Crippen LogP contribution < -0.4 is 0 Å². The Kier molecular flexibility index (Phi) is 5.36. The predicted octanol–water partition coefficient (Wildman–Crippen LogP) is 11.2. The number of rotatable bonds is 3. The van der Waals surface area contributed by atoms with Crippen LogP contribution in [-0.2, 0) is 0 Å². The Hall–Kier alpha value is -4.66. The van der Waals surface area contributed by atoms with Crippen LogP contribution in [0.4, 0.5) is 0 Å². The van der Waals surface area contributed by atoms with Gasteiger partial charge in [-0.3, -0.25) is 0 Å². The third-order valence-corrected chi connectivity index (χ3v) is 8.55. The van der Waals surface area contributed by atoms with Crippen molar-refractivity contribution in [3.8, 4) is 27.9 Å². The number of para-hydroxylation sites is 1. The van der Waals surface area contributed by atoms with Gasteiger partial charge in [-0.1, -0.05) is 119 Å². The van der Waals surface area contributed by atoms with Crippen molar-refractivity contribution in [1.29, 1.82) is 0 Å². The quantitative estimate of drug-likeness (QED) is 0.185. The van der Waals surface area contributed by atoms with E-state index in [1.54, 1.807) is 0 Å². The molecule has 0 fully saturated rings. The van der Waals surface area contributed by atoms with E-state index in [-0.39, 0.29) is 0 Å². The summed E-state index contributed by atoms with van der Waals surface area (Å²) in [4.78, 5) is 0. The van der Waals surface area contributed by atoms with Crippen LogP contribution in [-0.4, -0.2) is 4.57 Å². The molecule has 0 aliphatic carbocycles. The minimum atomic E-state index is 1.09. The van der Waals surface area contributed by atoms with Crippen molar-refractivity contribution in [3.63, 3.8) is 0 Å². The third-order valence-electron chi connectivity index (χ3n) is 8.02. The number of fused-ring (bicyclic) bond motifs is 8. The Balaban J connectivity index is 1.47. The second kappa shape index (κ2) is 9.22. The topological polar surface area (TPSA) is 4.93 Å². The minimum Gasteiger partial charge on any atom is -0.309 e. The number of benzene rings is 7. The number of nitrogens with zero attached hydrogens (tertiary/aromatic N) is 1. The lowest BCUT2D eigenvalue weighted by Crippen LogP contribution is -1.94. The molecule has 7 aromatic carbocycles. The van der Waals surface area contributed by atoms with Crippen molar-refractivity contribution >= 4 is 59.3 Å². The predicted molar refractivity (Wildman–Crippen MR) is 174 cm³/mol. The molecule has 1 aromatic heterocycles. The standard InChI is InChI=1S/C38H24BrN/c39-29-20-17-25(18-21-29)26-9-8-10-27(23-26)28-19-22-36-35(24-28)37-33-15-6-4-13-31(33)32-14-5-7-16-34(32)38(37)40(36)30-11-2-1-3-12-30/h1-24H. The maximum Gasteiger partial charge on any atom is 0.0625 e. The Morgan fingerprint density at radius 2 is 0.975 bits per heavy atom. The van der Waals surface area contributed by atoms with Crippen molar-refractivity contribution in [2.75, 3.05) is 0 Å². The van der Waals surface area contributed by atoms with Crippen LogP contribution in [0, 0.1) is 0 Å². The summed E-state index contributed by atoms with van der Waals surface area (Å²) in [6.45, 7) is 0. The SMILES string of the molecule is Brc1ccc(-c2cccc(-c3ccc4c(c3)c3c5ccccc5c5ccccc5c3n4-c3ccccc3)c2)cc1. The molecular weight excluding hydrogens is 550 g/mol. The zero-order chi connectivity index (χ0) is 26.6. The normalized spacial score (nSPS) is 11.6. The van der Waals surface area contributed by atoms with Crippen molar-refractivity contribution in [2.45, 2.75) is 0 Å². The fraction of sp³-hybridized carbons (Fsp3) is 0. The van der Waals surface area contributed by atoms with Gasteiger partial charge in [0.2, 0.25) is 0 Å². The Bertz CT molecular complexity index is 2210. The van der Waals surface area contributed by atoms with Gasteiger partial charge < -0.3 is 4.57 Å². The van der Waals surface area contributed by atoms with E-state index in [9.17, 15) is 0 Å². The van der Waals surface area contributed by atoms with E-state index in [1.807, 2.05) is 0 Å². The molecule has 188 valence electrons. The fourth-order valence-corrected chi connectivity index (χ4v) is 6.49. The first kappa shape index (κ1) is 23.2. The molecule has 0 aliphatic heterocycles. The monoisotopic (exact) mass is 573 g/mol. The van der Waals surface area contributed by atoms with Gasteiger partial charge in [0.25, 0.3) is 0 Å². The number of hydrogen-bond donors (Lipinski definition) is 0. The molecule has 0 radical (unpaired) electrons. The van der Waals surface area contributed by atoms with Crippen molar-refractivity contribution in [3.05, 3.63) is 150 Å². The van der Waals surface area contributed by atoms with Gasteiger partial charge in [-0.05, 0) is 80.9 Å². The van der Waals surface area contributed by atoms with Crippen LogP contribution in [0.15, 0.2) is 150 Å². The van der Waals surface area contributed by atoms with E-state index in [1.165, 1.54) is 71.3 Å². The molecule has 0 spiro atoms. The summed E-state index contributed by atoms with van der Waals surface area (Å²) < 4.78 is 3.54. The molecule has 8 rings (SSSR count). The summed E-state index contributed by atoms with van der Waals surface area (Å²) in [5.41, 5.74) is 8.51. The second-order valence-electron chi connectivity index (χ2n) is 10.3. The van der Waals surface area contributed by atoms with Crippen molar-refractivity contribution in [1.82, 2.24) is 4.57 Å². The van der Waals surface area contributed by atoms with Crippen LogP contribution in [0.3, 0.4) is 0 Å². The van der Waals surface area contributed by atoms with Gasteiger partial charge in [0.05, 0.1) is 11.0 Å². The third kappa shape index (κ3) is 3.61. The van der Waals surface area contributed by atoms with Gasteiger partial charge in [-0.15, -0.1) is 0 Å². The highest BCUT2D eigenvalue weighted by atomic mass is 79.9. The molecule has 40 heavy (non-hydrogen) atoms. The molecule has 0 N–H and O–H groups in total. The number of aromatic nitrogens is 1. The molecule has 0 saturated carbocycles. The fourth-order valence-electron chi connectivity index (χ4n) is 6.22. The number of hydrogen-bond acceptors (Lipinski definition) is 0. The Morgan fingerprint density at radius 1 is 0.400 bits per heavy atom. The van der Waals surface area contributed by atoms with E-state index < -0.39 is 0 Å². The second-order valence-corrected chi connectivity index (χ2v) is 11.2. The first-order valence-electron chi connectivity index (χ1n) is 13.6. The minimum absolute atomic E-state index is 1.09. The molecule has 0 unspecified atom stereocenters. The van der Waals surface area contributed by atoms with Gasteiger partial charge >= 0.3 is 0 Å². The maximum atomic E-state index is 3.56. The summed E-state index contributed by atoms with van der Waals surface area (Å²) in [6.07, 6.45) is 0. The van der Waals surface area contributed by atoms with E-state index in [0.717, 1.165) is 4.47 Å².